The van der Waals surface area contributed by atoms with Crippen LogP contribution in [0.25, 0.3) is 0 Å². The van der Waals surface area contributed by atoms with E-state index in [0.717, 1.165) is 55.0 Å². The Morgan fingerprint density at radius 3 is 2.63 bits per heavy atom. The smallest absolute Gasteiger partial charge is 0.132 e. The second-order valence-corrected chi connectivity index (χ2v) is 7.39. The number of aryl methyl sites for hydroxylation is 1. The topological polar surface area (TPSA) is 87.6 Å². The summed E-state index contributed by atoms with van der Waals surface area (Å²) in [4.78, 5) is 9.51. The van der Waals surface area contributed by atoms with Crippen molar-refractivity contribution >= 4 is 11.5 Å². The van der Waals surface area contributed by atoms with Gasteiger partial charge in [0.15, 0.2) is 0 Å². The van der Waals surface area contributed by atoms with Gasteiger partial charge >= 0.3 is 0 Å². The molecule has 1 aliphatic carbocycles. The maximum Gasteiger partial charge on any atom is 0.132 e. The number of nitriles is 1. The van der Waals surface area contributed by atoms with Crippen molar-refractivity contribution in [3.63, 3.8) is 0 Å². The van der Waals surface area contributed by atoms with Crippen molar-refractivity contribution in [3.05, 3.63) is 45.9 Å². The highest BCUT2D eigenvalue weighted by Crippen LogP contribution is 2.43. The van der Waals surface area contributed by atoms with Crippen molar-refractivity contribution in [2.24, 2.45) is 0 Å². The maximum atomic E-state index is 9.74. The zero-order valence-electron chi connectivity index (χ0n) is 16.8. The first-order valence-corrected chi connectivity index (χ1v) is 9.92. The number of nitrogen functional groups attached to an aromatic ring is 1. The summed E-state index contributed by atoms with van der Waals surface area (Å²) < 4.78 is 0. The van der Waals surface area contributed by atoms with Gasteiger partial charge in [-0.05, 0) is 54.7 Å². The number of anilines is 2. The van der Waals surface area contributed by atoms with Crippen LogP contribution in [0.3, 0.4) is 0 Å². The van der Waals surface area contributed by atoms with E-state index >= 15 is 0 Å². The number of rotatable bonds is 5. The summed E-state index contributed by atoms with van der Waals surface area (Å²) in [5, 5.41) is 13.0. The molecular weight excluding hydrogens is 334 g/mol. The predicted molar refractivity (Wildman–Crippen MR) is 110 cm³/mol. The lowest BCUT2D eigenvalue weighted by atomic mass is 9.73. The van der Waals surface area contributed by atoms with Crippen molar-refractivity contribution in [1.29, 1.82) is 5.26 Å². The van der Waals surface area contributed by atoms with E-state index in [1.807, 2.05) is 13.1 Å². The molecule has 0 aliphatic heterocycles. The van der Waals surface area contributed by atoms with Crippen LogP contribution >= 0.6 is 0 Å². The van der Waals surface area contributed by atoms with Crippen LogP contribution in [-0.4, -0.2) is 17.0 Å². The lowest BCUT2D eigenvalue weighted by molar-refractivity contribution is 0.494. The van der Waals surface area contributed by atoms with Crippen LogP contribution in [0.2, 0.25) is 0 Å². The zero-order chi connectivity index (χ0) is 19.6. The monoisotopic (exact) mass is 363 g/mol. The molecule has 0 fully saturated rings. The van der Waals surface area contributed by atoms with Gasteiger partial charge in [-0.25, -0.2) is 9.97 Å². The lowest BCUT2D eigenvalue weighted by Gasteiger charge is -2.31. The summed E-state index contributed by atoms with van der Waals surface area (Å²) in [6.45, 7) is 6.46. The predicted octanol–water partition coefficient (Wildman–Crippen LogP) is 4.32. The third-order valence-electron chi connectivity index (χ3n) is 5.80. The molecule has 0 saturated heterocycles. The van der Waals surface area contributed by atoms with Crippen LogP contribution in [-0.2, 0) is 19.3 Å². The molecule has 5 nitrogen and oxygen atoms in total. The summed E-state index contributed by atoms with van der Waals surface area (Å²) in [6.07, 6.45) is 4.69. The Morgan fingerprint density at radius 2 is 2.00 bits per heavy atom. The SMILES string of the molecule is CCc1nc(CC2CC[C@H](C)c3ccc(N)c(C#N)c32)c(CC)c(NC)n1. The standard InChI is InChI=1S/C22H29N5/c1-5-15-19(26-20(6-2)27-22(15)25-4)11-14-8-7-13(3)16-9-10-18(24)17(12-23)21(14)16/h9-10,13-14H,5-8,11,24H2,1-4H3,(H,25,26,27)/t13-,14?/m0/s1. The van der Waals surface area contributed by atoms with E-state index in [9.17, 15) is 5.26 Å². The molecule has 1 aliphatic rings. The Morgan fingerprint density at radius 1 is 1.22 bits per heavy atom. The molecule has 1 unspecified atom stereocenters. The van der Waals surface area contributed by atoms with Crippen LogP contribution in [0.5, 0.6) is 0 Å². The second-order valence-electron chi connectivity index (χ2n) is 7.39. The number of benzene rings is 1. The minimum Gasteiger partial charge on any atom is -0.398 e. The average Bonchev–Trinajstić information content (AvgIpc) is 2.69. The van der Waals surface area contributed by atoms with Crippen molar-refractivity contribution in [3.8, 4) is 6.07 Å². The van der Waals surface area contributed by atoms with Crippen molar-refractivity contribution in [2.45, 2.75) is 64.7 Å². The van der Waals surface area contributed by atoms with Gasteiger partial charge in [0.05, 0.1) is 5.56 Å². The number of nitrogens with one attached hydrogen (secondary N) is 1. The van der Waals surface area contributed by atoms with Crippen molar-refractivity contribution in [1.82, 2.24) is 9.97 Å². The summed E-state index contributed by atoms with van der Waals surface area (Å²) in [5.74, 6) is 2.52. The fourth-order valence-electron chi connectivity index (χ4n) is 4.32. The minimum atomic E-state index is 0.268. The highest BCUT2D eigenvalue weighted by Gasteiger charge is 2.30. The summed E-state index contributed by atoms with van der Waals surface area (Å²) >= 11 is 0. The molecular formula is C22H29N5. The summed E-state index contributed by atoms with van der Waals surface area (Å²) in [5.41, 5.74) is 12.1. The van der Waals surface area contributed by atoms with Crippen molar-refractivity contribution < 1.29 is 0 Å². The molecule has 1 aromatic carbocycles. The van der Waals surface area contributed by atoms with Gasteiger partial charge in [-0.2, -0.15) is 5.26 Å². The molecule has 0 amide bonds. The largest absolute Gasteiger partial charge is 0.398 e. The Labute approximate surface area is 162 Å². The minimum absolute atomic E-state index is 0.268. The summed E-state index contributed by atoms with van der Waals surface area (Å²) in [7, 11) is 1.91. The van der Waals surface area contributed by atoms with E-state index in [1.54, 1.807) is 0 Å². The first-order valence-electron chi connectivity index (χ1n) is 9.92. The van der Waals surface area contributed by atoms with Gasteiger partial charge in [-0.3, -0.25) is 0 Å². The van der Waals surface area contributed by atoms with Gasteiger partial charge in [0.1, 0.15) is 17.7 Å². The molecule has 1 heterocycles. The first-order chi connectivity index (χ1) is 13.0. The van der Waals surface area contributed by atoms with Crippen molar-refractivity contribution in [2.75, 3.05) is 18.1 Å². The van der Waals surface area contributed by atoms with E-state index in [-0.39, 0.29) is 5.92 Å². The molecule has 142 valence electrons. The molecule has 0 radical (unpaired) electrons. The van der Waals surface area contributed by atoms with Gasteiger partial charge in [-0.15, -0.1) is 0 Å². The van der Waals surface area contributed by atoms with Gasteiger partial charge in [0.2, 0.25) is 0 Å². The van der Waals surface area contributed by atoms with Crippen LogP contribution in [0, 0.1) is 11.3 Å². The third-order valence-corrected chi connectivity index (χ3v) is 5.80. The van der Waals surface area contributed by atoms with E-state index in [0.29, 0.717) is 17.2 Å². The molecule has 0 saturated carbocycles. The molecule has 2 aromatic rings. The second kappa shape index (κ2) is 7.96. The molecule has 0 bridgehead atoms. The zero-order valence-corrected chi connectivity index (χ0v) is 16.8. The summed E-state index contributed by atoms with van der Waals surface area (Å²) in [6, 6.07) is 6.36. The lowest BCUT2D eigenvalue weighted by Crippen LogP contribution is -2.19. The maximum absolute atomic E-state index is 9.74. The molecule has 0 spiro atoms. The molecule has 5 heteroatoms. The highest BCUT2D eigenvalue weighted by molar-refractivity contribution is 5.62. The number of nitrogens with zero attached hydrogens (tertiary/aromatic N) is 3. The van der Waals surface area contributed by atoms with Gasteiger partial charge in [0, 0.05) is 30.4 Å². The number of hydrogen-bond acceptors (Lipinski definition) is 5. The molecule has 3 N–H and O–H groups in total. The van der Waals surface area contributed by atoms with Crippen LogP contribution in [0.1, 0.15) is 79.2 Å². The van der Waals surface area contributed by atoms with E-state index < -0.39 is 0 Å². The third kappa shape index (κ3) is 3.49. The highest BCUT2D eigenvalue weighted by atomic mass is 15.0. The van der Waals surface area contributed by atoms with E-state index in [4.69, 9.17) is 10.7 Å². The van der Waals surface area contributed by atoms with Crippen LogP contribution in [0.15, 0.2) is 12.1 Å². The molecule has 1 aromatic heterocycles. The number of hydrogen-bond donors (Lipinski definition) is 2. The van der Waals surface area contributed by atoms with E-state index in [2.05, 4.69) is 43.2 Å². The number of aromatic nitrogens is 2. The van der Waals surface area contributed by atoms with Crippen LogP contribution in [0.4, 0.5) is 11.5 Å². The van der Waals surface area contributed by atoms with Gasteiger partial charge in [-0.1, -0.05) is 26.8 Å². The Hall–Kier alpha value is -2.61. The fourth-order valence-corrected chi connectivity index (χ4v) is 4.32. The first kappa shape index (κ1) is 19.2. The number of fused-ring (bicyclic) bond motifs is 1. The Bertz CT molecular complexity index is 881. The Balaban J connectivity index is 2.10. The Kier molecular flexibility index (Phi) is 5.65. The van der Waals surface area contributed by atoms with Crippen LogP contribution < -0.4 is 11.1 Å². The van der Waals surface area contributed by atoms with E-state index in [1.165, 1.54) is 11.1 Å². The van der Waals surface area contributed by atoms with Gasteiger partial charge < -0.3 is 11.1 Å². The molecule has 3 rings (SSSR count). The normalized spacial score (nSPS) is 18.6. The molecule has 27 heavy (non-hydrogen) atoms. The quantitative estimate of drug-likeness (QED) is 0.772. The average molecular weight is 364 g/mol. The number of nitrogens with two attached hydrogens (primary N) is 1. The fraction of sp³-hybridized carbons (Fsp3) is 0.500. The molecule has 2 atom stereocenters. The van der Waals surface area contributed by atoms with Gasteiger partial charge in [0.25, 0.3) is 0 Å².